The Hall–Kier alpha value is -2.24. The van der Waals surface area contributed by atoms with Crippen LogP contribution in [0.1, 0.15) is 29.8 Å². The highest BCUT2D eigenvalue weighted by Gasteiger charge is 2.27. The molecule has 3 aromatic rings. The maximum Gasteiger partial charge on any atom is 0.230 e. The molecule has 5 heteroatoms. The van der Waals surface area contributed by atoms with Crippen LogP contribution >= 0.6 is 11.3 Å². The molecule has 27 heavy (non-hydrogen) atoms. The second kappa shape index (κ2) is 8.19. The van der Waals surface area contributed by atoms with Crippen LogP contribution in [0.2, 0.25) is 0 Å². The monoisotopic (exact) mass is 379 g/mol. The molecule has 2 aromatic carbocycles. The van der Waals surface area contributed by atoms with Crippen molar-refractivity contribution in [3.05, 3.63) is 65.2 Å². The molecule has 1 saturated heterocycles. The maximum atomic E-state index is 13.0. The summed E-state index contributed by atoms with van der Waals surface area (Å²) in [5.41, 5.74) is 2.21. The molecule has 0 spiro atoms. The Balaban J connectivity index is 1.36. The highest BCUT2D eigenvalue weighted by atomic mass is 32.1. The number of fused-ring (bicyclic) bond motifs is 1. The Morgan fingerprint density at radius 3 is 2.44 bits per heavy atom. The number of carbonyl (C=O) groups excluding carboxylic acids is 1. The standard InChI is InChI=1S/C22H25N3OS/c1-2-18(17-8-4-3-5-9-17)22(26)25-14-12-24(13-15-25)16-21-23-19-10-6-7-11-20(19)27-21/h3-11,18H,2,12-16H2,1H3. The summed E-state index contributed by atoms with van der Waals surface area (Å²) in [5.74, 6) is 0.241. The number of hydrogen-bond acceptors (Lipinski definition) is 4. The summed E-state index contributed by atoms with van der Waals surface area (Å²) in [4.78, 5) is 22.2. The molecule has 1 aromatic heterocycles. The number of para-hydroxylation sites is 1. The zero-order valence-electron chi connectivity index (χ0n) is 15.7. The van der Waals surface area contributed by atoms with Gasteiger partial charge in [0.2, 0.25) is 5.91 Å². The second-order valence-corrected chi connectivity index (χ2v) is 8.16. The number of hydrogen-bond donors (Lipinski definition) is 0. The van der Waals surface area contributed by atoms with Gasteiger partial charge in [-0.25, -0.2) is 4.98 Å². The van der Waals surface area contributed by atoms with E-state index in [0.29, 0.717) is 0 Å². The number of benzene rings is 2. The fourth-order valence-corrected chi connectivity index (χ4v) is 4.77. The summed E-state index contributed by atoms with van der Waals surface area (Å²) in [5, 5.41) is 1.16. The number of carbonyl (C=O) groups is 1. The summed E-state index contributed by atoms with van der Waals surface area (Å²) in [6.45, 7) is 6.39. The van der Waals surface area contributed by atoms with Crippen LogP contribution in [0.25, 0.3) is 10.2 Å². The first kappa shape index (κ1) is 18.1. The van der Waals surface area contributed by atoms with Gasteiger partial charge in [-0.1, -0.05) is 49.4 Å². The number of rotatable bonds is 5. The average Bonchev–Trinajstić information content (AvgIpc) is 3.12. The summed E-state index contributed by atoms with van der Waals surface area (Å²) >= 11 is 1.77. The van der Waals surface area contributed by atoms with E-state index < -0.39 is 0 Å². The Morgan fingerprint density at radius 1 is 1.04 bits per heavy atom. The first-order chi connectivity index (χ1) is 13.2. The van der Waals surface area contributed by atoms with Crippen LogP contribution in [0.4, 0.5) is 0 Å². The molecular formula is C22H25N3OS. The van der Waals surface area contributed by atoms with E-state index in [2.05, 4.69) is 42.2 Å². The zero-order valence-corrected chi connectivity index (χ0v) is 16.5. The van der Waals surface area contributed by atoms with Crippen LogP contribution in [0.15, 0.2) is 54.6 Å². The zero-order chi connectivity index (χ0) is 18.6. The van der Waals surface area contributed by atoms with E-state index in [1.807, 2.05) is 29.2 Å². The number of piperazine rings is 1. The van der Waals surface area contributed by atoms with Crippen molar-refractivity contribution in [3.63, 3.8) is 0 Å². The third-order valence-corrected chi connectivity index (χ3v) is 6.31. The van der Waals surface area contributed by atoms with Crippen molar-refractivity contribution in [2.75, 3.05) is 26.2 Å². The van der Waals surface area contributed by atoms with Gasteiger partial charge < -0.3 is 4.90 Å². The van der Waals surface area contributed by atoms with Gasteiger partial charge in [-0.05, 0) is 24.1 Å². The Morgan fingerprint density at radius 2 is 1.74 bits per heavy atom. The highest BCUT2D eigenvalue weighted by Crippen LogP contribution is 2.25. The van der Waals surface area contributed by atoms with Gasteiger partial charge in [0, 0.05) is 26.2 Å². The molecule has 140 valence electrons. The van der Waals surface area contributed by atoms with Crippen molar-refractivity contribution < 1.29 is 4.79 Å². The first-order valence-electron chi connectivity index (χ1n) is 9.65. The van der Waals surface area contributed by atoms with Crippen LogP contribution in [0.5, 0.6) is 0 Å². The third-order valence-electron chi connectivity index (χ3n) is 5.29. The lowest BCUT2D eigenvalue weighted by atomic mass is 9.95. The van der Waals surface area contributed by atoms with Crippen molar-refractivity contribution >= 4 is 27.5 Å². The lowest BCUT2D eigenvalue weighted by molar-refractivity contribution is -0.134. The molecule has 0 saturated carbocycles. The largest absolute Gasteiger partial charge is 0.340 e. The number of nitrogens with zero attached hydrogens (tertiary/aromatic N) is 3. The molecule has 0 N–H and O–H groups in total. The van der Waals surface area contributed by atoms with E-state index in [0.717, 1.165) is 55.2 Å². The van der Waals surface area contributed by atoms with Crippen LogP contribution < -0.4 is 0 Å². The summed E-state index contributed by atoms with van der Waals surface area (Å²) < 4.78 is 1.25. The molecule has 1 fully saturated rings. The van der Waals surface area contributed by atoms with E-state index in [1.165, 1.54) is 4.70 Å². The van der Waals surface area contributed by atoms with Gasteiger partial charge in [0.05, 0.1) is 22.7 Å². The van der Waals surface area contributed by atoms with E-state index in [-0.39, 0.29) is 11.8 Å². The van der Waals surface area contributed by atoms with Crippen LogP contribution in [0.3, 0.4) is 0 Å². The lowest BCUT2D eigenvalue weighted by Crippen LogP contribution is -2.49. The van der Waals surface area contributed by atoms with Crippen molar-refractivity contribution in [2.45, 2.75) is 25.8 Å². The van der Waals surface area contributed by atoms with Gasteiger partial charge in [-0.3, -0.25) is 9.69 Å². The minimum Gasteiger partial charge on any atom is -0.340 e. The molecule has 4 nitrogen and oxygen atoms in total. The van der Waals surface area contributed by atoms with E-state index in [4.69, 9.17) is 4.98 Å². The number of aromatic nitrogens is 1. The van der Waals surface area contributed by atoms with Gasteiger partial charge in [0.25, 0.3) is 0 Å². The fourth-order valence-electron chi connectivity index (χ4n) is 3.76. The quantitative estimate of drug-likeness (QED) is 0.669. The lowest BCUT2D eigenvalue weighted by Gasteiger charge is -2.36. The summed E-state index contributed by atoms with van der Waals surface area (Å²) in [7, 11) is 0. The molecule has 0 radical (unpaired) electrons. The first-order valence-corrected chi connectivity index (χ1v) is 10.5. The molecule has 0 bridgehead atoms. The Kier molecular flexibility index (Phi) is 5.50. The van der Waals surface area contributed by atoms with E-state index in [9.17, 15) is 4.79 Å². The SMILES string of the molecule is CCC(C(=O)N1CCN(Cc2nc3ccccc3s2)CC1)c1ccccc1. The van der Waals surface area contributed by atoms with E-state index in [1.54, 1.807) is 11.3 Å². The third kappa shape index (κ3) is 4.04. The van der Waals surface area contributed by atoms with Gasteiger partial charge >= 0.3 is 0 Å². The van der Waals surface area contributed by atoms with Gasteiger partial charge in [0.1, 0.15) is 5.01 Å². The van der Waals surface area contributed by atoms with Gasteiger partial charge in [-0.2, -0.15) is 0 Å². The number of amides is 1. The molecule has 1 unspecified atom stereocenters. The fraction of sp³-hybridized carbons (Fsp3) is 0.364. The van der Waals surface area contributed by atoms with Crippen LogP contribution in [-0.2, 0) is 11.3 Å². The Bertz CT molecular complexity index is 867. The molecule has 4 rings (SSSR count). The van der Waals surface area contributed by atoms with E-state index >= 15 is 0 Å². The van der Waals surface area contributed by atoms with Crippen molar-refractivity contribution in [2.24, 2.45) is 0 Å². The minimum absolute atomic E-state index is 0.0259. The Labute approximate surface area is 164 Å². The smallest absolute Gasteiger partial charge is 0.230 e. The second-order valence-electron chi connectivity index (χ2n) is 7.05. The predicted octanol–water partition coefficient (Wildman–Crippen LogP) is 4.13. The predicted molar refractivity (Wildman–Crippen MR) is 111 cm³/mol. The molecular weight excluding hydrogens is 354 g/mol. The van der Waals surface area contributed by atoms with Crippen molar-refractivity contribution in [1.29, 1.82) is 0 Å². The normalized spacial score (nSPS) is 16.6. The molecule has 0 aliphatic carbocycles. The molecule has 1 atom stereocenters. The van der Waals surface area contributed by atoms with Crippen LogP contribution in [-0.4, -0.2) is 46.9 Å². The van der Waals surface area contributed by atoms with Crippen molar-refractivity contribution in [3.8, 4) is 0 Å². The van der Waals surface area contributed by atoms with Gasteiger partial charge in [0.15, 0.2) is 0 Å². The van der Waals surface area contributed by atoms with Crippen molar-refractivity contribution in [1.82, 2.24) is 14.8 Å². The topological polar surface area (TPSA) is 36.4 Å². The average molecular weight is 380 g/mol. The molecule has 1 amide bonds. The minimum atomic E-state index is -0.0259. The molecule has 1 aliphatic rings. The molecule has 2 heterocycles. The summed E-state index contributed by atoms with van der Waals surface area (Å²) in [6, 6.07) is 18.5. The van der Waals surface area contributed by atoms with Gasteiger partial charge in [-0.15, -0.1) is 11.3 Å². The maximum absolute atomic E-state index is 13.0. The molecule has 1 aliphatic heterocycles. The summed E-state index contributed by atoms with van der Waals surface area (Å²) in [6.07, 6.45) is 0.842. The highest BCUT2D eigenvalue weighted by molar-refractivity contribution is 7.18. The van der Waals surface area contributed by atoms with Crippen LogP contribution in [0, 0.1) is 0 Å². The number of thiazole rings is 1.